The molecule has 0 bridgehead atoms. The highest BCUT2D eigenvalue weighted by Gasteiger charge is 2.37. The summed E-state index contributed by atoms with van der Waals surface area (Å²) in [6.45, 7) is 2.00. The molecule has 0 heterocycles. The van der Waals surface area contributed by atoms with Crippen LogP contribution in [0, 0.1) is 0 Å². The first kappa shape index (κ1) is 20.6. The van der Waals surface area contributed by atoms with Gasteiger partial charge in [-0.05, 0) is 47.9 Å². The lowest BCUT2D eigenvalue weighted by molar-refractivity contribution is -0.143. The standard InChI is InChI=1S/C18H14F6O3/c1-2-5-27-15-4-3-10(8-14(15)16(25)26)11-6-12(17(19,20)21)9-13(7-11)18(22,23)24/h3-4,6-9H,2,5H2,1H3,(H,25,26). The molecule has 0 amide bonds. The average molecular weight is 392 g/mol. The second-order valence-electron chi connectivity index (χ2n) is 5.66. The molecule has 0 saturated heterocycles. The number of carboxylic acid groups (broad SMARTS) is 1. The minimum Gasteiger partial charge on any atom is -0.493 e. The fourth-order valence-electron chi connectivity index (χ4n) is 2.34. The molecule has 0 fully saturated rings. The van der Waals surface area contributed by atoms with Crippen molar-refractivity contribution in [3.8, 4) is 16.9 Å². The van der Waals surface area contributed by atoms with Gasteiger partial charge >= 0.3 is 18.3 Å². The van der Waals surface area contributed by atoms with E-state index >= 15 is 0 Å². The SMILES string of the molecule is CCCOc1ccc(-c2cc(C(F)(F)F)cc(C(F)(F)F)c2)cc1C(=O)O. The van der Waals surface area contributed by atoms with Crippen molar-refractivity contribution in [3.63, 3.8) is 0 Å². The third-order valence-corrected chi connectivity index (χ3v) is 3.59. The molecule has 0 aliphatic heterocycles. The molecule has 0 atom stereocenters. The molecule has 0 aromatic heterocycles. The summed E-state index contributed by atoms with van der Waals surface area (Å²) in [6, 6.07) is 4.52. The Morgan fingerprint density at radius 2 is 1.48 bits per heavy atom. The van der Waals surface area contributed by atoms with Gasteiger partial charge in [0.25, 0.3) is 0 Å². The normalized spacial score (nSPS) is 12.1. The summed E-state index contributed by atoms with van der Waals surface area (Å²) in [4.78, 5) is 11.4. The van der Waals surface area contributed by atoms with Gasteiger partial charge in [0.15, 0.2) is 0 Å². The van der Waals surface area contributed by atoms with E-state index < -0.39 is 35.0 Å². The van der Waals surface area contributed by atoms with Gasteiger partial charge in [-0.3, -0.25) is 0 Å². The number of halogens is 6. The van der Waals surface area contributed by atoms with Crippen LogP contribution < -0.4 is 4.74 Å². The zero-order valence-electron chi connectivity index (χ0n) is 13.9. The third-order valence-electron chi connectivity index (χ3n) is 3.59. The second-order valence-corrected chi connectivity index (χ2v) is 5.66. The van der Waals surface area contributed by atoms with E-state index in [1.54, 1.807) is 6.92 Å². The number of alkyl halides is 6. The molecule has 0 aliphatic carbocycles. The average Bonchev–Trinajstić information content (AvgIpc) is 2.57. The van der Waals surface area contributed by atoms with Crippen LogP contribution in [0.15, 0.2) is 36.4 Å². The van der Waals surface area contributed by atoms with Crippen molar-refractivity contribution < 1.29 is 41.0 Å². The van der Waals surface area contributed by atoms with Gasteiger partial charge in [-0.25, -0.2) is 4.79 Å². The number of benzene rings is 2. The summed E-state index contributed by atoms with van der Waals surface area (Å²) >= 11 is 0. The predicted molar refractivity (Wildman–Crippen MR) is 84.6 cm³/mol. The summed E-state index contributed by atoms with van der Waals surface area (Å²) in [7, 11) is 0. The van der Waals surface area contributed by atoms with E-state index in [9.17, 15) is 36.2 Å². The summed E-state index contributed by atoms with van der Waals surface area (Å²) in [5, 5.41) is 9.26. The van der Waals surface area contributed by atoms with E-state index in [2.05, 4.69) is 0 Å². The maximum atomic E-state index is 13.0. The van der Waals surface area contributed by atoms with Crippen LogP contribution in [0.25, 0.3) is 11.1 Å². The smallest absolute Gasteiger partial charge is 0.416 e. The zero-order valence-corrected chi connectivity index (χ0v) is 13.9. The van der Waals surface area contributed by atoms with E-state index in [1.807, 2.05) is 0 Å². The quantitative estimate of drug-likeness (QED) is 0.647. The van der Waals surface area contributed by atoms with Crippen LogP contribution >= 0.6 is 0 Å². The molecule has 2 rings (SSSR count). The highest BCUT2D eigenvalue weighted by Crippen LogP contribution is 2.39. The van der Waals surface area contributed by atoms with Gasteiger partial charge in [0.05, 0.1) is 17.7 Å². The largest absolute Gasteiger partial charge is 0.493 e. The molecule has 0 unspecified atom stereocenters. The van der Waals surface area contributed by atoms with Crippen LogP contribution in [0.5, 0.6) is 5.75 Å². The van der Waals surface area contributed by atoms with Gasteiger partial charge in [-0.1, -0.05) is 13.0 Å². The van der Waals surface area contributed by atoms with Gasteiger partial charge in [0, 0.05) is 0 Å². The van der Waals surface area contributed by atoms with Crippen molar-refractivity contribution in [1.82, 2.24) is 0 Å². The third kappa shape index (κ3) is 4.93. The Kier molecular flexibility index (Phi) is 5.72. The molecular formula is C18H14F6O3. The van der Waals surface area contributed by atoms with Crippen LogP contribution in [0.4, 0.5) is 26.3 Å². The number of rotatable bonds is 5. The molecule has 9 heteroatoms. The number of hydrogen-bond donors (Lipinski definition) is 1. The lowest BCUT2D eigenvalue weighted by Gasteiger charge is -2.15. The fraction of sp³-hybridized carbons (Fsp3) is 0.278. The van der Waals surface area contributed by atoms with E-state index in [0.29, 0.717) is 18.6 Å². The van der Waals surface area contributed by atoms with Crippen LogP contribution in [-0.4, -0.2) is 17.7 Å². The predicted octanol–water partition coefficient (Wildman–Crippen LogP) is 5.88. The lowest BCUT2D eigenvalue weighted by Crippen LogP contribution is -2.11. The molecule has 1 N–H and O–H groups in total. The van der Waals surface area contributed by atoms with Crippen molar-refractivity contribution in [2.45, 2.75) is 25.7 Å². The van der Waals surface area contributed by atoms with Crippen LogP contribution in [0.2, 0.25) is 0 Å². The van der Waals surface area contributed by atoms with Crippen molar-refractivity contribution in [2.75, 3.05) is 6.61 Å². The number of aromatic carboxylic acids is 1. The highest BCUT2D eigenvalue weighted by molar-refractivity contribution is 5.92. The van der Waals surface area contributed by atoms with Crippen molar-refractivity contribution >= 4 is 5.97 Å². The molecule has 0 radical (unpaired) electrons. The highest BCUT2D eigenvalue weighted by atomic mass is 19.4. The molecule has 2 aromatic rings. The molecule has 0 saturated carbocycles. The van der Waals surface area contributed by atoms with Gasteiger partial charge in [0.2, 0.25) is 0 Å². The summed E-state index contributed by atoms with van der Waals surface area (Å²) in [6.07, 6.45) is -9.39. The van der Waals surface area contributed by atoms with Crippen molar-refractivity contribution in [3.05, 3.63) is 53.1 Å². The minimum absolute atomic E-state index is 0.0142. The van der Waals surface area contributed by atoms with Gasteiger partial charge < -0.3 is 9.84 Å². The van der Waals surface area contributed by atoms with Crippen molar-refractivity contribution in [1.29, 1.82) is 0 Å². The number of ether oxygens (including phenoxy) is 1. The second kappa shape index (κ2) is 7.50. The molecular weight excluding hydrogens is 378 g/mol. The zero-order chi connectivity index (χ0) is 20.4. The molecule has 2 aromatic carbocycles. The van der Waals surface area contributed by atoms with E-state index in [0.717, 1.165) is 6.07 Å². The van der Waals surface area contributed by atoms with Crippen molar-refractivity contribution in [2.24, 2.45) is 0 Å². The number of carbonyl (C=O) groups is 1. The summed E-state index contributed by atoms with van der Waals surface area (Å²) < 4.78 is 83.1. The van der Waals surface area contributed by atoms with Crippen LogP contribution in [0.3, 0.4) is 0 Å². The molecule has 0 spiro atoms. The fourth-order valence-corrected chi connectivity index (χ4v) is 2.34. The Morgan fingerprint density at radius 3 is 1.93 bits per heavy atom. The topological polar surface area (TPSA) is 46.5 Å². The monoisotopic (exact) mass is 392 g/mol. The Hall–Kier alpha value is -2.71. The number of carboxylic acids is 1. The maximum absolute atomic E-state index is 13.0. The van der Waals surface area contributed by atoms with Gasteiger partial charge in [0.1, 0.15) is 11.3 Å². The first-order chi connectivity index (χ1) is 12.4. The van der Waals surface area contributed by atoms with E-state index in [-0.39, 0.29) is 29.5 Å². The minimum atomic E-state index is -4.99. The molecule has 27 heavy (non-hydrogen) atoms. The Balaban J connectivity index is 2.63. The van der Waals surface area contributed by atoms with E-state index in [4.69, 9.17) is 4.74 Å². The summed E-state index contributed by atoms with van der Waals surface area (Å²) in [5.74, 6) is -1.43. The van der Waals surface area contributed by atoms with Crippen LogP contribution in [-0.2, 0) is 12.4 Å². The van der Waals surface area contributed by atoms with Crippen LogP contribution in [0.1, 0.15) is 34.8 Å². The Morgan fingerprint density at radius 1 is 0.926 bits per heavy atom. The Bertz CT molecular complexity index is 808. The number of hydrogen-bond acceptors (Lipinski definition) is 2. The first-order valence-corrected chi connectivity index (χ1v) is 7.73. The molecule has 0 aliphatic rings. The first-order valence-electron chi connectivity index (χ1n) is 7.73. The Labute approximate surface area is 150 Å². The summed E-state index contributed by atoms with van der Waals surface area (Å²) in [5.41, 5.74) is -3.81. The van der Waals surface area contributed by atoms with Gasteiger partial charge in [-0.2, -0.15) is 26.3 Å². The lowest BCUT2D eigenvalue weighted by atomic mass is 9.97. The van der Waals surface area contributed by atoms with E-state index in [1.165, 1.54) is 12.1 Å². The molecule has 3 nitrogen and oxygen atoms in total. The molecule has 146 valence electrons. The van der Waals surface area contributed by atoms with Gasteiger partial charge in [-0.15, -0.1) is 0 Å². The maximum Gasteiger partial charge on any atom is 0.416 e.